The molecule has 0 bridgehead atoms. The lowest BCUT2D eigenvalue weighted by Gasteiger charge is -2.26. The molecule has 0 spiro atoms. The predicted molar refractivity (Wildman–Crippen MR) is 164 cm³/mol. The van der Waals surface area contributed by atoms with Gasteiger partial charge in [-0.3, -0.25) is 14.5 Å². The molecule has 0 radical (unpaired) electrons. The molecule has 1 aliphatic heterocycles. The van der Waals surface area contributed by atoms with Gasteiger partial charge in [-0.05, 0) is 38.0 Å². The largest absolute Gasteiger partial charge is 0.367 e. The summed E-state index contributed by atoms with van der Waals surface area (Å²) in [7, 11) is 2.14. The van der Waals surface area contributed by atoms with Crippen LogP contribution in [-0.4, -0.2) is 31.6 Å². The van der Waals surface area contributed by atoms with Crippen molar-refractivity contribution in [2.24, 2.45) is 0 Å². The molecule has 0 saturated carbocycles. The second-order valence-electron chi connectivity index (χ2n) is 9.16. The molecule has 0 saturated heterocycles. The Bertz CT molecular complexity index is 1200. The lowest BCUT2D eigenvalue weighted by Crippen LogP contribution is -2.38. The summed E-state index contributed by atoms with van der Waals surface area (Å²) in [5.41, 5.74) is 3.49. The van der Waals surface area contributed by atoms with Crippen LogP contribution >= 0.6 is 11.6 Å². The number of fused-ring (bicyclic) bond motifs is 1. The summed E-state index contributed by atoms with van der Waals surface area (Å²) in [6.45, 7) is 11.1. The molecular formula is C32H43ClF3N3O2. The first-order valence-corrected chi connectivity index (χ1v) is 13.9. The van der Waals surface area contributed by atoms with E-state index in [2.05, 4.69) is 21.8 Å². The smallest absolute Gasteiger partial charge is 0.263 e. The topological polar surface area (TPSA) is 55.3 Å². The van der Waals surface area contributed by atoms with Crippen LogP contribution in [0.3, 0.4) is 0 Å². The fourth-order valence-electron chi connectivity index (χ4n) is 4.23. The summed E-state index contributed by atoms with van der Waals surface area (Å²) in [5.74, 6) is 0. The minimum atomic E-state index is -2.47. The van der Waals surface area contributed by atoms with Gasteiger partial charge in [-0.15, -0.1) is 6.58 Å². The molecule has 0 fully saturated rings. The highest BCUT2D eigenvalue weighted by atomic mass is 35.5. The molecule has 2 N–H and O–H groups in total. The summed E-state index contributed by atoms with van der Waals surface area (Å²) < 4.78 is 42.7. The lowest BCUT2D eigenvalue weighted by molar-refractivity contribution is 0.0618. The van der Waals surface area contributed by atoms with Crippen LogP contribution in [0.4, 0.5) is 13.2 Å². The van der Waals surface area contributed by atoms with Gasteiger partial charge >= 0.3 is 0 Å². The van der Waals surface area contributed by atoms with Gasteiger partial charge in [0.25, 0.3) is 6.43 Å². The molecule has 5 nitrogen and oxygen atoms in total. The fourth-order valence-corrected chi connectivity index (χ4v) is 4.38. The van der Waals surface area contributed by atoms with Gasteiger partial charge in [0, 0.05) is 72.8 Å². The van der Waals surface area contributed by atoms with Crippen molar-refractivity contribution in [3.63, 3.8) is 0 Å². The van der Waals surface area contributed by atoms with E-state index in [-0.39, 0.29) is 23.3 Å². The second-order valence-corrected chi connectivity index (χ2v) is 9.60. The molecule has 0 amide bonds. The van der Waals surface area contributed by atoms with Crippen molar-refractivity contribution >= 4 is 11.6 Å². The van der Waals surface area contributed by atoms with Crippen LogP contribution in [0, 0.1) is 0 Å². The molecule has 9 heteroatoms. The zero-order chi connectivity index (χ0) is 30.8. The van der Waals surface area contributed by atoms with Gasteiger partial charge < -0.3 is 14.6 Å². The quantitative estimate of drug-likeness (QED) is 0.208. The van der Waals surface area contributed by atoms with Crippen LogP contribution in [0.15, 0.2) is 78.2 Å². The number of methoxy groups -OCH3 is 1. The number of alkyl halides is 3. The van der Waals surface area contributed by atoms with Gasteiger partial charge in [0.05, 0.1) is 7.18 Å². The Labute approximate surface area is 247 Å². The SMILES string of the molecule is C=CC.CCC(NC(C)c1cn(Cc2ccc(C(F)F)cc2)c2c(c1=O)CNCC2)OC.CF.Clc1ccccc1. The van der Waals surface area contributed by atoms with E-state index in [1.54, 1.807) is 25.3 Å². The lowest BCUT2D eigenvalue weighted by atomic mass is 10.00. The molecule has 1 aromatic heterocycles. The first-order chi connectivity index (χ1) is 19.7. The molecule has 2 unspecified atom stereocenters. The van der Waals surface area contributed by atoms with E-state index in [9.17, 15) is 18.0 Å². The van der Waals surface area contributed by atoms with Crippen LogP contribution in [0.2, 0.25) is 5.02 Å². The van der Waals surface area contributed by atoms with Crippen LogP contribution in [0.5, 0.6) is 0 Å². The van der Waals surface area contributed by atoms with Crippen LogP contribution in [0.25, 0.3) is 0 Å². The highest BCUT2D eigenvalue weighted by Gasteiger charge is 2.22. The Balaban J connectivity index is 0.000000588. The maximum Gasteiger partial charge on any atom is 0.263 e. The number of halogens is 4. The van der Waals surface area contributed by atoms with E-state index in [0.717, 1.165) is 41.2 Å². The fraction of sp³-hybridized carbons (Fsp3) is 0.406. The third-order valence-electron chi connectivity index (χ3n) is 6.24. The Kier molecular flexibility index (Phi) is 17.7. The minimum absolute atomic E-state index is 0.0172. The predicted octanol–water partition coefficient (Wildman–Crippen LogP) is 7.63. The van der Waals surface area contributed by atoms with Gasteiger partial charge in [0.15, 0.2) is 5.43 Å². The second kappa shape index (κ2) is 20.0. The maximum absolute atomic E-state index is 13.1. The summed E-state index contributed by atoms with van der Waals surface area (Å²) in [5, 5.41) is 7.43. The number of hydrogen-bond acceptors (Lipinski definition) is 4. The highest BCUT2D eigenvalue weighted by Crippen LogP contribution is 2.21. The molecule has 2 aromatic carbocycles. The van der Waals surface area contributed by atoms with Crippen molar-refractivity contribution in [2.75, 3.05) is 20.8 Å². The number of pyridine rings is 1. The summed E-state index contributed by atoms with van der Waals surface area (Å²) in [4.78, 5) is 13.1. The number of nitrogens with zero attached hydrogens (tertiary/aromatic N) is 1. The number of hydrogen-bond donors (Lipinski definition) is 2. The Morgan fingerprint density at radius 2 is 1.76 bits per heavy atom. The molecule has 2 atom stereocenters. The molecule has 0 aliphatic carbocycles. The molecule has 4 rings (SSSR count). The number of rotatable bonds is 8. The maximum atomic E-state index is 13.1. The van der Waals surface area contributed by atoms with Crippen molar-refractivity contribution in [3.05, 3.63) is 117 Å². The van der Waals surface area contributed by atoms with Gasteiger partial charge in [0.2, 0.25) is 0 Å². The molecule has 2 heterocycles. The van der Waals surface area contributed by atoms with Crippen molar-refractivity contribution < 1.29 is 17.9 Å². The normalized spacial score (nSPS) is 13.2. The monoisotopic (exact) mass is 593 g/mol. The van der Waals surface area contributed by atoms with E-state index in [1.165, 1.54) is 12.1 Å². The molecule has 1 aliphatic rings. The van der Waals surface area contributed by atoms with Crippen molar-refractivity contribution in [3.8, 4) is 0 Å². The third-order valence-corrected chi connectivity index (χ3v) is 6.49. The highest BCUT2D eigenvalue weighted by molar-refractivity contribution is 6.30. The standard InChI is InChI=1S/C22H29F2N3O2.C6H5Cl.C3H6.CH3F/c1-4-20(29-3)26-14(2)18-13-27(19-9-10-25-11-17(19)21(18)28)12-15-5-7-16(8-6-15)22(23)24;7-6-4-2-1-3-5-6;1-3-2;1-2/h5-8,13-14,20,22,25-26H,4,9-12H2,1-3H3;1-5H;3H,1H2,2H3;1H3. The number of aromatic nitrogens is 1. The van der Waals surface area contributed by atoms with Gasteiger partial charge in [0.1, 0.15) is 6.23 Å². The van der Waals surface area contributed by atoms with E-state index in [0.29, 0.717) is 25.8 Å². The van der Waals surface area contributed by atoms with Crippen LogP contribution in [0.1, 0.15) is 67.6 Å². The number of benzene rings is 2. The molecular weight excluding hydrogens is 551 g/mol. The van der Waals surface area contributed by atoms with Crippen molar-refractivity contribution in [1.82, 2.24) is 15.2 Å². The first kappa shape index (κ1) is 36.1. The van der Waals surface area contributed by atoms with Crippen molar-refractivity contribution in [2.45, 2.75) is 65.4 Å². The van der Waals surface area contributed by atoms with E-state index >= 15 is 0 Å². The summed E-state index contributed by atoms with van der Waals surface area (Å²) in [6.07, 6.45) is 2.61. The third kappa shape index (κ3) is 11.8. The van der Waals surface area contributed by atoms with E-state index in [1.807, 2.05) is 57.3 Å². The Morgan fingerprint density at radius 3 is 2.24 bits per heavy atom. The van der Waals surface area contributed by atoms with Crippen LogP contribution < -0.4 is 16.1 Å². The van der Waals surface area contributed by atoms with Gasteiger partial charge in [-0.2, -0.15) is 0 Å². The summed E-state index contributed by atoms with van der Waals surface area (Å²) in [6, 6.07) is 15.7. The number of nitrogens with one attached hydrogen (secondary N) is 2. The molecule has 226 valence electrons. The van der Waals surface area contributed by atoms with Gasteiger partial charge in [-0.1, -0.05) is 67.1 Å². The van der Waals surface area contributed by atoms with E-state index < -0.39 is 6.43 Å². The summed E-state index contributed by atoms with van der Waals surface area (Å²) >= 11 is 5.54. The minimum Gasteiger partial charge on any atom is -0.367 e. The van der Waals surface area contributed by atoms with E-state index in [4.69, 9.17) is 16.3 Å². The molecule has 3 aromatic rings. The number of ether oxygens (including phenoxy) is 1. The molecule has 41 heavy (non-hydrogen) atoms. The van der Waals surface area contributed by atoms with Crippen molar-refractivity contribution in [1.29, 1.82) is 0 Å². The Hall–Kier alpha value is -2.91. The number of allylic oxidation sites excluding steroid dienone is 1. The average Bonchev–Trinajstić information content (AvgIpc) is 2.99. The Morgan fingerprint density at radius 1 is 1.15 bits per heavy atom. The zero-order valence-corrected chi connectivity index (χ0v) is 25.4. The zero-order valence-electron chi connectivity index (χ0n) is 24.6. The first-order valence-electron chi connectivity index (χ1n) is 13.5. The van der Waals surface area contributed by atoms with Gasteiger partial charge in [-0.25, -0.2) is 8.78 Å². The van der Waals surface area contributed by atoms with Crippen LogP contribution in [-0.2, 0) is 24.2 Å². The average molecular weight is 594 g/mol.